The number of methoxy groups -OCH3 is 1. The van der Waals surface area contributed by atoms with Gasteiger partial charge < -0.3 is 19.9 Å². The molecule has 1 aliphatic rings. The molecule has 0 amide bonds. The summed E-state index contributed by atoms with van der Waals surface area (Å²) in [7, 11) is 1.70. The van der Waals surface area contributed by atoms with Crippen LogP contribution in [-0.2, 0) is 13.0 Å². The van der Waals surface area contributed by atoms with Crippen molar-refractivity contribution in [3.63, 3.8) is 0 Å². The molecule has 1 heterocycles. The third-order valence-corrected chi connectivity index (χ3v) is 3.42. The number of nitrogens with one attached hydrogen (secondary N) is 1. The smallest absolute Gasteiger partial charge is 0.123 e. The lowest BCUT2D eigenvalue weighted by molar-refractivity contribution is 0.233. The van der Waals surface area contributed by atoms with Crippen LogP contribution >= 0.6 is 0 Å². The van der Waals surface area contributed by atoms with Crippen molar-refractivity contribution in [2.24, 2.45) is 5.92 Å². The Bertz CT molecular complexity index is 434. The summed E-state index contributed by atoms with van der Waals surface area (Å²) >= 11 is 0. The summed E-state index contributed by atoms with van der Waals surface area (Å²) in [4.78, 5) is 0. The molecule has 2 N–H and O–H groups in total. The molecule has 1 aromatic rings. The van der Waals surface area contributed by atoms with E-state index in [1.807, 2.05) is 6.92 Å². The minimum absolute atomic E-state index is 0.203. The van der Waals surface area contributed by atoms with Gasteiger partial charge in [-0.3, -0.25) is 0 Å². The molecule has 0 saturated heterocycles. The van der Waals surface area contributed by atoms with Gasteiger partial charge in [-0.1, -0.05) is 6.92 Å². The van der Waals surface area contributed by atoms with Gasteiger partial charge in [0.05, 0.1) is 7.11 Å². The molecule has 19 heavy (non-hydrogen) atoms. The van der Waals surface area contributed by atoms with Crippen molar-refractivity contribution in [3.05, 3.63) is 23.3 Å². The minimum atomic E-state index is 0.203. The highest BCUT2D eigenvalue weighted by molar-refractivity contribution is 5.48. The van der Waals surface area contributed by atoms with E-state index in [4.69, 9.17) is 14.6 Å². The molecule has 4 nitrogen and oxygen atoms in total. The number of benzene rings is 1. The van der Waals surface area contributed by atoms with Gasteiger partial charge in [-0.2, -0.15) is 0 Å². The first-order valence-electron chi connectivity index (χ1n) is 6.82. The molecule has 1 aliphatic heterocycles. The van der Waals surface area contributed by atoms with E-state index < -0.39 is 0 Å². The Labute approximate surface area is 114 Å². The average molecular weight is 265 g/mol. The fourth-order valence-electron chi connectivity index (χ4n) is 2.33. The third kappa shape index (κ3) is 3.39. The number of aliphatic hydroxyl groups is 1. The van der Waals surface area contributed by atoms with Gasteiger partial charge in [0.15, 0.2) is 0 Å². The number of ether oxygens (including phenoxy) is 2. The molecule has 0 aromatic heterocycles. The Hall–Kier alpha value is -1.26. The largest absolute Gasteiger partial charge is 0.496 e. The normalized spacial score (nSPS) is 18.8. The first-order chi connectivity index (χ1) is 9.13. The van der Waals surface area contributed by atoms with Crippen LogP contribution in [0.1, 0.15) is 25.0 Å². The quantitative estimate of drug-likeness (QED) is 0.822. The van der Waals surface area contributed by atoms with E-state index in [1.165, 1.54) is 5.56 Å². The van der Waals surface area contributed by atoms with Gasteiger partial charge >= 0.3 is 0 Å². The van der Waals surface area contributed by atoms with E-state index in [2.05, 4.69) is 24.4 Å². The molecule has 0 radical (unpaired) electrons. The van der Waals surface area contributed by atoms with Crippen LogP contribution in [0.15, 0.2) is 12.1 Å². The summed E-state index contributed by atoms with van der Waals surface area (Å²) in [5.41, 5.74) is 2.32. The van der Waals surface area contributed by atoms with Crippen molar-refractivity contribution in [3.8, 4) is 11.5 Å². The maximum absolute atomic E-state index is 9.00. The van der Waals surface area contributed by atoms with Crippen LogP contribution in [-0.4, -0.2) is 31.5 Å². The summed E-state index contributed by atoms with van der Waals surface area (Å²) in [6.45, 7) is 5.80. The van der Waals surface area contributed by atoms with E-state index in [0.717, 1.165) is 36.6 Å². The lowest BCUT2D eigenvalue weighted by Gasteiger charge is -2.13. The lowest BCUT2D eigenvalue weighted by Crippen LogP contribution is -2.23. The predicted octanol–water partition coefficient (Wildman–Crippen LogP) is 1.74. The van der Waals surface area contributed by atoms with E-state index in [0.29, 0.717) is 0 Å². The van der Waals surface area contributed by atoms with Crippen molar-refractivity contribution in [1.82, 2.24) is 5.32 Å². The summed E-state index contributed by atoms with van der Waals surface area (Å²) in [6.07, 6.45) is 1.19. The van der Waals surface area contributed by atoms with Crippen LogP contribution in [0.2, 0.25) is 0 Å². The number of hydrogen-bond acceptors (Lipinski definition) is 4. The number of fused-ring (bicyclic) bond motifs is 1. The number of aliphatic hydroxyl groups excluding tert-OH is 1. The molecule has 2 atom stereocenters. The molecular formula is C15H23NO3. The third-order valence-electron chi connectivity index (χ3n) is 3.42. The summed E-state index contributed by atoms with van der Waals surface area (Å²) in [5.74, 6) is 2.14. The SMILES string of the molecule is COc1cc2c(cc1CNCC(C)CO)OC(C)C2. The zero-order chi connectivity index (χ0) is 13.8. The Morgan fingerprint density at radius 3 is 3.00 bits per heavy atom. The molecule has 4 heteroatoms. The molecule has 0 bridgehead atoms. The lowest BCUT2D eigenvalue weighted by atomic mass is 10.1. The van der Waals surface area contributed by atoms with Gasteiger partial charge in [0.1, 0.15) is 17.6 Å². The van der Waals surface area contributed by atoms with Crippen molar-refractivity contribution in [2.45, 2.75) is 32.9 Å². The molecule has 2 unspecified atom stereocenters. The van der Waals surface area contributed by atoms with Gasteiger partial charge in [-0.15, -0.1) is 0 Å². The maximum Gasteiger partial charge on any atom is 0.123 e. The second-order valence-electron chi connectivity index (χ2n) is 5.32. The van der Waals surface area contributed by atoms with Crippen LogP contribution in [0.3, 0.4) is 0 Å². The summed E-state index contributed by atoms with van der Waals surface area (Å²) in [6, 6.07) is 4.14. The van der Waals surface area contributed by atoms with Crippen LogP contribution in [0.25, 0.3) is 0 Å². The Morgan fingerprint density at radius 2 is 2.32 bits per heavy atom. The first-order valence-corrected chi connectivity index (χ1v) is 6.82. The Kier molecular flexibility index (Phi) is 4.66. The second-order valence-corrected chi connectivity index (χ2v) is 5.32. The Morgan fingerprint density at radius 1 is 1.53 bits per heavy atom. The van der Waals surface area contributed by atoms with Crippen molar-refractivity contribution in [2.75, 3.05) is 20.3 Å². The molecule has 0 saturated carbocycles. The second kappa shape index (κ2) is 6.26. The van der Waals surface area contributed by atoms with E-state index >= 15 is 0 Å². The molecule has 1 aromatic carbocycles. The molecule has 0 aliphatic carbocycles. The zero-order valence-corrected chi connectivity index (χ0v) is 11.9. The van der Waals surface area contributed by atoms with E-state index in [1.54, 1.807) is 7.11 Å². The van der Waals surface area contributed by atoms with Gasteiger partial charge in [0.2, 0.25) is 0 Å². The zero-order valence-electron chi connectivity index (χ0n) is 11.9. The van der Waals surface area contributed by atoms with Crippen molar-refractivity contribution >= 4 is 0 Å². The Balaban J connectivity index is 2.05. The highest BCUT2D eigenvalue weighted by atomic mass is 16.5. The van der Waals surface area contributed by atoms with Gasteiger partial charge in [0.25, 0.3) is 0 Å². The van der Waals surface area contributed by atoms with Gasteiger partial charge in [-0.25, -0.2) is 0 Å². The van der Waals surface area contributed by atoms with Crippen LogP contribution < -0.4 is 14.8 Å². The predicted molar refractivity (Wildman–Crippen MR) is 74.7 cm³/mol. The van der Waals surface area contributed by atoms with E-state index in [-0.39, 0.29) is 18.6 Å². The maximum atomic E-state index is 9.00. The number of hydrogen-bond donors (Lipinski definition) is 2. The molecular weight excluding hydrogens is 242 g/mol. The monoisotopic (exact) mass is 265 g/mol. The van der Waals surface area contributed by atoms with Crippen molar-refractivity contribution in [1.29, 1.82) is 0 Å². The summed E-state index contributed by atoms with van der Waals surface area (Å²) < 4.78 is 11.2. The summed E-state index contributed by atoms with van der Waals surface area (Å²) in [5, 5.41) is 12.3. The fourth-order valence-corrected chi connectivity index (χ4v) is 2.33. The minimum Gasteiger partial charge on any atom is -0.496 e. The molecule has 106 valence electrons. The molecule has 0 spiro atoms. The molecule has 0 fully saturated rings. The average Bonchev–Trinajstić information content (AvgIpc) is 2.76. The van der Waals surface area contributed by atoms with Crippen LogP contribution in [0, 0.1) is 5.92 Å². The standard InChI is InChI=1S/C15H23NO3/c1-10(9-17)7-16-8-13-6-15-12(4-11(2)19-15)5-14(13)18-3/h5-6,10-11,16-17H,4,7-9H2,1-3H3. The van der Waals surface area contributed by atoms with Gasteiger partial charge in [-0.05, 0) is 25.0 Å². The van der Waals surface area contributed by atoms with Crippen molar-refractivity contribution < 1.29 is 14.6 Å². The molecule has 2 rings (SSSR count). The van der Waals surface area contributed by atoms with Crippen LogP contribution in [0.5, 0.6) is 11.5 Å². The van der Waals surface area contributed by atoms with E-state index in [9.17, 15) is 0 Å². The number of rotatable bonds is 6. The highest BCUT2D eigenvalue weighted by Gasteiger charge is 2.21. The topological polar surface area (TPSA) is 50.7 Å². The fraction of sp³-hybridized carbons (Fsp3) is 0.600. The first kappa shape index (κ1) is 14.2. The highest BCUT2D eigenvalue weighted by Crippen LogP contribution is 2.34. The van der Waals surface area contributed by atoms with Gasteiger partial charge in [0, 0.05) is 37.2 Å². The van der Waals surface area contributed by atoms with Crippen LogP contribution in [0.4, 0.5) is 0 Å².